The first-order valence-corrected chi connectivity index (χ1v) is 7.28. The lowest BCUT2D eigenvalue weighted by molar-refractivity contribution is -0.143. The summed E-state index contributed by atoms with van der Waals surface area (Å²) >= 11 is 5.79. The fourth-order valence-corrected chi connectivity index (χ4v) is 2.80. The topological polar surface area (TPSA) is 38.3 Å². The van der Waals surface area contributed by atoms with Crippen molar-refractivity contribution in [3.05, 3.63) is 34.6 Å². The molecule has 0 radical (unpaired) electrons. The van der Waals surface area contributed by atoms with E-state index in [9.17, 15) is 9.18 Å². The van der Waals surface area contributed by atoms with Crippen LogP contribution in [0.25, 0.3) is 0 Å². The number of carbonyl (C=O) groups is 1. The van der Waals surface area contributed by atoms with Gasteiger partial charge in [0, 0.05) is 6.04 Å². The van der Waals surface area contributed by atoms with Gasteiger partial charge in [-0.25, -0.2) is 9.18 Å². The second-order valence-corrected chi connectivity index (χ2v) is 5.54. The van der Waals surface area contributed by atoms with E-state index in [1.165, 1.54) is 25.7 Å². The van der Waals surface area contributed by atoms with Gasteiger partial charge in [-0.1, -0.05) is 36.9 Å². The van der Waals surface area contributed by atoms with Crippen LogP contribution in [0.1, 0.15) is 43.7 Å². The normalized spacial score (nSPS) is 17.8. The highest BCUT2D eigenvalue weighted by Crippen LogP contribution is 2.25. The Morgan fingerprint density at radius 1 is 1.40 bits per heavy atom. The predicted molar refractivity (Wildman–Crippen MR) is 76.2 cm³/mol. The minimum absolute atomic E-state index is 0.0156. The Kier molecular flexibility index (Phi) is 5.38. The Morgan fingerprint density at radius 2 is 2.10 bits per heavy atom. The van der Waals surface area contributed by atoms with Crippen LogP contribution in [0, 0.1) is 5.82 Å². The van der Waals surface area contributed by atoms with Crippen LogP contribution < -0.4 is 5.32 Å². The summed E-state index contributed by atoms with van der Waals surface area (Å²) in [5, 5.41) is 3.33. The number of ether oxygens (including phenoxy) is 1. The first-order valence-electron chi connectivity index (χ1n) is 6.90. The summed E-state index contributed by atoms with van der Waals surface area (Å²) in [5.41, 5.74) is 0.633. The molecule has 0 amide bonds. The highest BCUT2D eigenvalue weighted by molar-refractivity contribution is 6.30. The summed E-state index contributed by atoms with van der Waals surface area (Å²) in [6.07, 6.45) is 5.65. The van der Waals surface area contributed by atoms with E-state index >= 15 is 0 Å². The Hall–Kier alpha value is -1.13. The number of rotatable bonds is 4. The summed E-state index contributed by atoms with van der Waals surface area (Å²) in [5.74, 6) is -0.866. The molecular formula is C15H19ClFNO2. The van der Waals surface area contributed by atoms with Gasteiger partial charge >= 0.3 is 5.97 Å². The van der Waals surface area contributed by atoms with E-state index in [4.69, 9.17) is 16.3 Å². The number of hydrogen-bond donors (Lipinski definition) is 1. The number of benzene rings is 1. The van der Waals surface area contributed by atoms with E-state index in [0.717, 1.165) is 25.7 Å². The molecule has 5 heteroatoms. The van der Waals surface area contributed by atoms with E-state index in [-0.39, 0.29) is 17.0 Å². The first kappa shape index (κ1) is 15.3. The minimum Gasteiger partial charge on any atom is -0.468 e. The lowest BCUT2D eigenvalue weighted by Crippen LogP contribution is -2.38. The van der Waals surface area contributed by atoms with E-state index < -0.39 is 11.9 Å². The van der Waals surface area contributed by atoms with Crippen LogP contribution in [0.5, 0.6) is 0 Å². The average Bonchev–Trinajstić information content (AvgIpc) is 2.48. The highest BCUT2D eigenvalue weighted by atomic mass is 35.5. The van der Waals surface area contributed by atoms with Gasteiger partial charge in [-0.2, -0.15) is 0 Å². The van der Waals surface area contributed by atoms with E-state index in [1.54, 1.807) is 6.07 Å². The molecule has 0 heterocycles. The minimum atomic E-state index is -0.596. The second-order valence-electron chi connectivity index (χ2n) is 5.13. The van der Waals surface area contributed by atoms with Gasteiger partial charge in [0.05, 0.1) is 12.1 Å². The molecule has 1 aromatic carbocycles. The van der Waals surface area contributed by atoms with E-state index in [1.807, 2.05) is 0 Å². The molecule has 20 heavy (non-hydrogen) atoms. The van der Waals surface area contributed by atoms with Crippen molar-refractivity contribution < 1.29 is 13.9 Å². The third-order valence-corrected chi connectivity index (χ3v) is 4.01. The molecule has 0 spiro atoms. The zero-order valence-electron chi connectivity index (χ0n) is 11.5. The van der Waals surface area contributed by atoms with Crippen molar-refractivity contribution in [1.29, 1.82) is 0 Å². The number of halogens is 2. The van der Waals surface area contributed by atoms with Crippen molar-refractivity contribution in [1.82, 2.24) is 5.32 Å². The van der Waals surface area contributed by atoms with Gasteiger partial charge in [-0.05, 0) is 30.5 Å². The zero-order chi connectivity index (χ0) is 14.5. The maximum atomic E-state index is 13.2. The highest BCUT2D eigenvalue weighted by Gasteiger charge is 2.26. The summed E-state index contributed by atoms with van der Waals surface area (Å²) in [6, 6.07) is 4.01. The van der Waals surface area contributed by atoms with E-state index in [2.05, 4.69) is 5.32 Å². The van der Waals surface area contributed by atoms with Crippen LogP contribution in [0.3, 0.4) is 0 Å². The number of hydrogen-bond acceptors (Lipinski definition) is 3. The Labute approximate surface area is 123 Å². The van der Waals surface area contributed by atoms with Gasteiger partial charge < -0.3 is 4.74 Å². The number of methoxy groups -OCH3 is 1. The van der Waals surface area contributed by atoms with Crippen molar-refractivity contribution >= 4 is 17.6 Å². The van der Waals surface area contributed by atoms with Crippen LogP contribution in [-0.2, 0) is 9.53 Å². The molecule has 0 aliphatic heterocycles. The third-order valence-electron chi connectivity index (χ3n) is 3.72. The molecule has 1 atom stereocenters. The Morgan fingerprint density at radius 3 is 2.70 bits per heavy atom. The first-order chi connectivity index (χ1) is 9.61. The molecule has 2 rings (SSSR count). The fraction of sp³-hybridized carbons (Fsp3) is 0.533. The van der Waals surface area contributed by atoms with Gasteiger partial charge in [0.15, 0.2) is 0 Å². The lowest BCUT2D eigenvalue weighted by atomic mass is 9.94. The molecule has 0 aromatic heterocycles. The largest absolute Gasteiger partial charge is 0.468 e. The quantitative estimate of drug-likeness (QED) is 0.863. The van der Waals surface area contributed by atoms with Gasteiger partial charge in [-0.15, -0.1) is 0 Å². The third kappa shape index (κ3) is 3.70. The van der Waals surface area contributed by atoms with Crippen molar-refractivity contribution in [2.45, 2.75) is 44.2 Å². The maximum Gasteiger partial charge on any atom is 0.327 e. The SMILES string of the molecule is COC(=O)C(NC1CCCCC1)c1ccc(F)c(Cl)c1. The monoisotopic (exact) mass is 299 g/mol. The second kappa shape index (κ2) is 7.04. The fourth-order valence-electron chi connectivity index (χ4n) is 2.62. The molecule has 1 fully saturated rings. The standard InChI is InChI=1S/C15H19ClFNO2/c1-20-15(19)14(18-11-5-3-2-4-6-11)10-7-8-13(17)12(16)9-10/h7-9,11,14,18H,2-6H2,1H3. The average molecular weight is 300 g/mol. The maximum absolute atomic E-state index is 13.2. The molecule has 1 saturated carbocycles. The molecular weight excluding hydrogens is 281 g/mol. The molecule has 1 unspecified atom stereocenters. The number of esters is 1. The van der Waals surface area contributed by atoms with Crippen LogP contribution in [-0.4, -0.2) is 19.1 Å². The van der Waals surface area contributed by atoms with Crippen molar-refractivity contribution in [3.8, 4) is 0 Å². The molecule has 1 aliphatic rings. The number of carbonyl (C=O) groups excluding carboxylic acids is 1. The van der Waals surface area contributed by atoms with Crippen molar-refractivity contribution in [2.75, 3.05) is 7.11 Å². The molecule has 0 saturated heterocycles. The molecule has 1 aliphatic carbocycles. The van der Waals surface area contributed by atoms with Gasteiger partial charge in [0.1, 0.15) is 11.9 Å². The number of nitrogens with one attached hydrogen (secondary N) is 1. The molecule has 110 valence electrons. The smallest absolute Gasteiger partial charge is 0.327 e. The molecule has 3 nitrogen and oxygen atoms in total. The van der Waals surface area contributed by atoms with Crippen molar-refractivity contribution in [3.63, 3.8) is 0 Å². The lowest BCUT2D eigenvalue weighted by Gasteiger charge is -2.27. The molecule has 1 N–H and O–H groups in total. The summed E-state index contributed by atoms with van der Waals surface area (Å²) in [7, 11) is 1.35. The molecule has 1 aromatic rings. The summed E-state index contributed by atoms with van der Waals surface area (Å²) < 4.78 is 18.1. The van der Waals surface area contributed by atoms with Crippen molar-refractivity contribution in [2.24, 2.45) is 0 Å². The Balaban J connectivity index is 2.17. The van der Waals surface area contributed by atoms with Crippen LogP contribution >= 0.6 is 11.6 Å². The van der Waals surface area contributed by atoms with E-state index in [0.29, 0.717) is 5.56 Å². The summed E-state index contributed by atoms with van der Waals surface area (Å²) in [4.78, 5) is 12.0. The van der Waals surface area contributed by atoms with Crippen LogP contribution in [0.2, 0.25) is 5.02 Å². The zero-order valence-corrected chi connectivity index (χ0v) is 12.3. The van der Waals surface area contributed by atoms with Gasteiger partial charge in [0.25, 0.3) is 0 Å². The Bertz CT molecular complexity index is 475. The molecule has 0 bridgehead atoms. The van der Waals surface area contributed by atoms with Crippen LogP contribution in [0.15, 0.2) is 18.2 Å². The summed E-state index contributed by atoms with van der Waals surface area (Å²) in [6.45, 7) is 0. The van der Waals surface area contributed by atoms with Crippen LogP contribution in [0.4, 0.5) is 4.39 Å². The van der Waals surface area contributed by atoms with Gasteiger partial charge in [0.2, 0.25) is 0 Å². The van der Waals surface area contributed by atoms with Gasteiger partial charge in [-0.3, -0.25) is 5.32 Å². The predicted octanol–water partition coefficient (Wildman–Crippen LogP) is 3.62.